The lowest BCUT2D eigenvalue weighted by atomic mass is 10.1. The van der Waals surface area contributed by atoms with Crippen molar-refractivity contribution in [3.05, 3.63) is 76.0 Å². The summed E-state index contributed by atoms with van der Waals surface area (Å²) in [6.45, 7) is 2.30. The minimum atomic E-state index is -0.410. The fourth-order valence-electron chi connectivity index (χ4n) is 2.24. The van der Waals surface area contributed by atoms with Crippen LogP contribution in [-0.4, -0.2) is 10.1 Å². The molecule has 1 N–H and O–H groups in total. The predicted octanol–water partition coefficient (Wildman–Crippen LogP) is 4.17. The van der Waals surface area contributed by atoms with Gasteiger partial charge in [0.2, 0.25) is 0 Å². The van der Waals surface area contributed by atoms with Crippen LogP contribution in [0.25, 0.3) is 11.3 Å². The van der Waals surface area contributed by atoms with E-state index >= 15 is 0 Å². The first-order chi connectivity index (χ1) is 11.1. The Balaban J connectivity index is 1.73. The number of nitrogens with zero attached hydrogens (tertiary/aromatic N) is 2. The van der Waals surface area contributed by atoms with Gasteiger partial charge >= 0.3 is 0 Å². The van der Waals surface area contributed by atoms with Gasteiger partial charge in [0.25, 0.3) is 5.69 Å². The highest BCUT2D eigenvalue weighted by Gasteiger charge is 2.10. The topological polar surface area (TPSA) is 81.2 Å². The van der Waals surface area contributed by atoms with Gasteiger partial charge in [-0.1, -0.05) is 41.6 Å². The van der Waals surface area contributed by atoms with Crippen molar-refractivity contribution in [2.24, 2.45) is 0 Å². The molecule has 0 aliphatic rings. The number of hydrogen-bond acceptors (Lipinski definition) is 5. The quantitative estimate of drug-likeness (QED) is 0.565. The molecular weight excluding hydrogens is 294 g/mol. The lowest BCUT2D eigenvalue weighted by molar-refractivity contribution is -0.384. The van der Waals surface area contributed by atoms with Gasteiger partial charge in [-0.3, -0.25) is 10.1 Å². The largest absolute Gasteiger partial charge is 0.377 e. The summed E-state index contributed by atoms with van der Waals surface area (Å²) < 4.78 is 5.31. The first-order valence-electron chi connectivity index (χ1n) is 7.13. The van der Waals surface area contributed by atoms with E-state index in [1.54, 1.807) is 6.07 Å². The number of anilines is 1. The van der Waals surface area contributed by atoms with Crippen LogP contribution in [0.5, 0.6) is 0 Å². The van der Waals surface area contributed by atoms with Gasteiger partial charge < -0.3 is 9.84 Å². The van der Waals surface area contributed by atoms with Crippen LogP contribution in [0, 0.1) is 17.0 Å². The maximum Gasteiger partial charge on any atom is 0.271 e. The molecule has 0 saturated heterocycles. The summed E-state index contributed by atoms with van der Waals surface area (Å²) in [6, 6.07) is 16.3. The van der Waals surface area contributed by atoms with Crippen molar-refractivity contribution >= 4 is 11.4 Å². The zero-order valence-electron chi connectivity index (χ0n) is 12.5. The highest BCUT2D eigenvalue weighted by Crippen LogP contribution is 2.23. The Morgan fingerprint density at radius 3 is 2.70 bits per heavy atom. The maximum absolute atomic E-state index is 10.8. The normalized spacial score (nSPS) is 10.5. The Morgan fingerprint density at radius 1 is 1.17 bits per heavy atom. The molecule has 0 fully saturated rings. The first-order valence-corrected chi connectivity index (χ1v) is 7.13. The van der Waals surface area contributed by atoms with Crippen LogP contribution in [0.2, 0.25) is 0 Å². The molecule has 3 aromatic rings. The lowest BCUT2D eigenvalue weighted by Gasteiger charge is -2.07. The molecule has 6 nitrogen and oxygen atoms in total. The van der Waals surface area contributed by atoms with Gasteiger partial charge in [-0.15, -0.1) is 0 Å². The molecule has 1 aromatic heterocycles. The number of non-ortho nitro benzene ring substituents is 1. The molecule has 0 bridgehead atoms. The van der Waals surface area contributed by atoms with Crippen molar-refractivity contribution < 1.29 is 9.45 Å². The van der Waals surface area contributed by atoms with Crippen LogP contribution >= 0.6 is 0 Å². The number of hydrogen-bond donors (Lipinski definition) is 1. The van der Waals surface area contributed by atoms with Crippen LogP contribution in [-0.2, 0) is 6.54 Å². The average molecular weight is 309 g/mol. The standard InChI is InChI=1S/C17H15N3O3/c1-12-7-8-14(20(21)22)9-16(12)18-11-15-10-17(19-23-15)13-5-3-2-4-6-13/h2-10,18H,11H2,1H3. The predicted molar refractivity (Wildman–Crippen MR) is 87.1 cm³/mol. The number of nitro groups is 1. The van der Waals surface area contributed by atoms with E-state index in [1.807, 2.05) is 43.3 Å². The van der Waals surface area contributed by atoms with Gasteiger partial charge in [-0.05, 0) is 12.5 Å². The Hall–Kier alpha value is -3.15. The van der Waals surface area contributed by atoms with E-state index in [4.69, 9.17) is 4.52 Å². The van der Waals surface area contributed by atoms with Crippen molar-refractivity contribution in [1.29, 1.82) is 0 Å². The molecule has 1 heterocycles. The van der Waals surface area contributed by atoms with Crippen LogP contribution in [0.1, 0.15) is 11.3 Å². The molecular formula is C17H15N3O3. The third-order valence-corrected chi connectivity index (χ3v) is 3.51. The van der Waals surface area contributed by atoms with Crippen molar-refractivity contribution in [2.45, 2.75) is 13.5 Å². The summed E-state index contributed by atoms with van der Waals surface area (Å²) in [4.78, 5) is 10.4. The number of nitro benzene ring substituents is 1. The van der Waals surface area contributed by atoms with Gasteiger partial charge in [-0.2, -0.15) is 0 Å². The molecule has 0 unspecified atom stereocenters. The van der Waals surface area contributed by atoms with Crippen LogP contribution in [0.4, 0.5) is 11.4 Å². The second-order valence-electron chi connectivity index (χ2n) is 5.15. The number of aromatic nitrogens is 1. The molecule has 6 heteroatoms. The summed E-state index contributed by atoms with van der Waals surface area (Å²) in [7, 11) is 0. The fourth-order valence-corrected chi connectivity index (χ4v) is 2.24. The summed E-state index contributed by atoms with van der Waals surface area (Å²) in [6.07, 6.45) is 0. The summed E-state index contributed by atoms with van der Waals surface area (Å²) >= 11 is 0. The van der Waals surface area contributed by atoms with E-state index in [0.29, 0.717) is 18.0 Å². The SMILES string of the molecule is Cc1ccc([N+](=O)[O-])cc1NCc1cc(-c2ccccc2)no1. The van der Waals surface area contributed by atoms with Gasteiger partial charge in [0.1, 0.15) is 5.69 Å². The highest BCUT2D eigenvalue weighted by atomic mass is 16.6. The highest BCUT2D eigenvalue weighted by molar-refractivity contribution is 5.59. The molecule has 0 amide bonds. The second kappa shape index (κ2) is 6.31. The number of benzene rings is 2. The number of aryl methyl sites for hydroxylation is 1. The zero-order chi connectivity index (χ0) is 16.2. The van der Waals surface area contributed by atoms with E-state index in [-0.39, 0.29) is 5.69 Å². The molecule has 3 rings (SSSR count). The molecule has 0 spiro atoms. The first kappa shape index (κ1) is 14.8. The van der Waals surface area contributed by atoms with Gasteiger partial charge in [0, 0.05) is 29.4 Å². The molecule has 23 heavy (non-hydrogen) atoms. The second-order valence-corrected chi connectivity index (χ2v) is 5.15. The van der Waals surface area contributed by atoms with Crippen LogP contribution in [0.15, 0.2) is 59.1 Å². The number of nitrogens with one attached hydrogen (secondary N) is 1. The average Bonchev–Trinajstić information content (AvgIpc) is 3.03. The van der Waals surface area contributed by atoms with Crippen molar-refractivity contribution in [3.8, 4) is 11.3 Å². The van der Waals surface area contributed by atoms with E-state index < -0.39 is 4.92 Å². The molecule has 0 aliphatic heterocycles. The minimum absolute atomic E-state index is 0.0562. The van der Waals surface area contributed by atoms with Gasteiger partial charge in [-0.25, -0.2) is 0 Å². The molecule has 0 radical (unpaired) electrons. The molecule has 0 atom stereocenters. The summed E-state index contributed by atoms with van der Waals surface area (Å²) in [5.74, 6) is 0.662. The van der Waals surface area contributed by atoms with Gasteiger partial charge in [0.15, 0.2) is 5.76 Å². The summed E-state index contributed by atoms with van der Waals surface area (Å²) in [5.41, 5.74) is 3.43. The van der Waals surface area contributed by atoms with E-state index in [9.17, 15) is 10.1 Å². The Labute approximate surface area is 132 Å². The Bertz CT molecular complexity index is 828. The smallest absolute Gasteiger partial charge is 0.271 e. The zero-order valence-corrected chi connectivity index (χ0v) is 12.5. The van der Waals surface area contributed by atoms with Crippen LogP contribution < -0.4 is 5.32 Å². The van der Waals surface area contributed by atoms with Crippen LogP contribution in [0.3, 0.4) is 0 Å². The van der Waals surface area contributed by atoms with E-state index in [0.717, 1.165) is 16.8 Å². The summed E-state index contributed by atoms with van der Waals surface area (Å²) in [5, 5.41) is 18.0. The van der Waals surface area contributed by atoms with E-state index in [1.165, 1.54) is 12.1 Å². The number of rotatable bonds is 5. The Morgan fingerprint density at radius 2 is 1.96 bits per heavy atom. The molecule has 0 aliphatic carbocycles. The molecule has 0 saturated carbocycles. The maximum atomic E-state index is 10.8. The Kier molecular flexibility index (Phi) is 4.05. The van der Waals surface area contributed by atoms with Gasteiger partial charge in [0.05, 0.1) is 11.5 Å². The van der Waals surface area contributed by atoms with Crippen molar-refractivity contribution in [1.82, 2.24) is 5.16 Å². The third-order valence-electron chi connectivity index (χ3n) is 3.51. The molecule has 116 valence electrons. The van der Waals surface area contributed by atoms with Crippen molar-refractivity contribution in [3.63, 3.8) is 0 Å². The van der Waals surface area contributed by atoms with Crippen molar-refractivity contribution in [2.75, 3.05) is 5.32 Å². The monoisotopic (exact) mass is 309 g/mol. The lowest BCUT2D eigenvalue weighted by Crippen LogP contribution is -2.01. The minimum Gasteiger partial charge on any atom is -0.377 e. The fraction of sp³-hybridized carbons (Fsp3) is 0.118. The third kappa shape index (κ3) is 3.37. The molecule has 2 aromatic carbocycles. The van der Waals surface area contributed by atoms with E-state index in [2.05, 4.69) is 10.5 Å².